The van der Waals surface area contributed by atoms with Crippen LogP contribution in [0.2, 0.25) is 0 Å². The van der Waals surface area contributed by atoms with Gasteiger partial charge in [-0.2, -0.15) is 0 Å². The van der Waals surface area contributed by atoms with Crippen molar-refractivity contribution in [1.82, 2.24) is 0 Å². The second-order valence-corrected chi connectivity index (χ2v) is 11.1. The van der Waals surface area contributed by atoms with Gasteiger partial charge in [0.25, 0.3) is 0 Å². The van der Waals surface area contributed by atoms with E-state index >= 15 is 0 Å². The van der Waals surface area contributed by atoms with Crippen LogP contribution in [0.3, 0.4) is 0 Å². The highest BCUT2D eigenvalue weighted by atomic mass is 32.2. The molecule has 0 unspecified atom stereocenters. The number of thioether (sulfide) groups is 1. The van der Waals surface area contributed by atoms with Crippen molar-refractivity contribution >= 4 is 45.8 Å². The highest BCUT2D eigenvalue weighted by Crippen LogP contribution is 2.41. The molecule has 0 aliphatic carbocycles. The highest BCUT2D eigenvalue weighted by Gasteiger charge is 2.08. The molecule has 0 bridgehead atoms. The first-order valence-electron chi connectivity index (χ1n) is 9.73. The van der Waals surface area contributed by atoms with E-state index in [-0.39, 0.29) is 0 Å². The van der Waals surface area contributed by atoms with Crippen LogP contribution in [0.1, 0.15) is 58.3 Å². The molecule has 0 fully saturated rings. The van der Waals surface area contributed by atoms with Crippen LogP contribution in [-0.2, 0) is 0 Å². The van der Waals surface area contributed by atoms with E-state index in [0.29, 0.717) is 0 Å². The lowest BCUT2D eigenvalue weighted by Gasteiger charge is -2.01. The first-order valence-corrected chi connectivity index (χ1v) is 13.2. The lowest BCUT2D eigenvalue weighted by molar-refractivity contribution is 0.586. The molecule has 26 heavy (non-hydrogen) atoms. The Labute approximate surface area is 174 Å². The molecule has 3 aromatic rings. The fourth-order valence-corrected chi connectivity index (χ4v) is 7.10. The summed E-state index contributed by atoms with van der Waals surface area (Å²) in [4.78, 5) is 5.58. The van der Waals surface area contributed by atoms with Crippen molar-refractivity contribution < 1.29 is 0 Å². The third kappa shape index (κ3) is 6.26. The van der Waals surface area contributed by atoms with Gasteiger partial charge in [-0.05, 0) is 47.9 Å². The van der Waals surface area contributed by atoms with Gasteiger partial charge in [0, 0.05) is 19.5 Å². The van der Waals surface area contributed by atoms with E-state index in [0.717, 1.165) is 0 Å². The normalized spacial score (nSPS) is 11.3. The Bertz CT molecular complexity index is 736. The number of hydrogen-bond donors (Lipinski definition) is 0. The highest BCUT2D eigenvalue weighted by molar-refractivity contribution is 8.01. The molecule has 0 saturated heterocycles. The Morgan fingerprint density at radius 2 is 1.35 bits per heavy atom. The fourth-order valence-electron chi connectivity index (χ4n) is 2.96. The third-order valence-corrected chi connectivity index (χ3v) is 9.18. The van der Waals surface area contributed by atoms with Crippen LogP contribution in [0.15, 0.2) is 46.0 Å². The zero-order valence-corrected chi connectivity index (χ0v) is 18.8. The van der Waals surface area contributed by atoms with Crippen molar-refractivity contribution in [3.63, 3.8) is 0 Å². The first-order chi connectivity index (χ1) is 12.9. The Morgan fingerprint density at radius 3 is 2.08 bits per heavy atom. The maximum absolute atomic E-state index is 2.31. The van der Waals surface area contributed by atoms with E-state index in [2.05, 4.69) is 48.7 Å². The number of hydrogen-bond acceptors (Lipinski definition) is 4. The molecule has 3 heterocycles. The maximum Gasteiger partial charge on any atom is 0.0605 e. The zero-order chi connectivity index (χ0) is 18.0. The minimum absolute atomic E-state index is 1.26. The van der Waals surface area contributed by atoms with Gasteiger partial charge in [0.2, 0.25) is 0 Å². The molecule has 0 atom stereocenters. The first kappa shape index (κ1) is 20.2. The summed E-state index contributed by atoms with van der Waals surface area (Å²) in [5.41, 5.74) is 0. The topological polar surface area (TPSA) is 0 Å². The predicted octanol–water partition coefficient (Wildman–Crippen LogP) is 9.44. The number of thiophene rings is 3. The van der Waals surface area contributed by atoms with Crippen LogP contribution < -0.4 is 0 Å². The molecule has 3 rings (SSSR count). The largest absolute Gasteiger partial charge is 0.143 e. The molecule has 0 N–H and O–H groups in total. The maximum atomic E-state index is 2.31. The summed E-state index contributed by atoms with van der Waals surface area (Å²) in [5.74, 6) is 1.26. The van der Waals surface area contributed by atoms with Crippen LogP contribution >= 0.6 is 45.8 Å². The Kier molecular flexibility index (Phi) is 8.80. The Morgan fingerprint density at radius 1 is 0.692 bits per heavy atom. The molecule has 0 amide bonds. The van der Waals surface area contributed by atoms with Gasteiger partial charge in [0.1, 0.15) is 0 Å². The summed E-state index contributed by atoms with van der Waals surface area (Å²) >= 11 is 7.72. The fraction of sp³-hybridized carbons (Fsp3) is 0.455. The van der Waals surface area contributed by atoms with Crippen LogP contribution in [-0.4, -0.2) is 5.75 Å². The van der Waals surface area contributed by atoms with Crippen molar-refractivity contribution in [3.8, 4) is 19.5 Å². The Balaban J connectivity index is 1.37. The molecule has 0 radical (unpaired) electrons. The lowest BCUT2D eigenvalue weighted by atomic mass is 10.1. The van der Waals surface area contributed by atoms with E-state index in [1.165, 1.54) is 80.8 Å². The van der Waals surface area contributed by atoms with E-state index in [1.807, 2.05) is 45.8 Å². The second-order valence-electron chi connectivity index (χ2n) is 6.58. The number of rotatable bonds is 12. The summed E-state index contributed by atoms with van der Waals surface area (Å²) in [6.45, 7) is 2.29. The van der Waals surface area contributed by atoms with Gasteiger partial charge < -0.3 is 0 Å². The molecule has 4 heteroatoms. The minimum atomic E-state index is 1.26. The van der Waals surface area contributed by atoms with Gasteiger partial charge in [0.15, 0.2) is 0 Å². The van der Waals surface area contributed by atoms with E-state index in [9.17, 15) is 0 Å². The molecule has 140 valence electrons. The molecular weight excluding hydrogens is 393 g/mol. The number of unbranched alkanes of at least 4 members (excludes halogenated alkanes) is 7. The molecule has 0 saturated carbocycles. The van der Waals surface area contributed by atoms with Crippen molar-refractivity contribution in [2.75, 3.05) is 5.75 Å². The van der Waals surface area contributed by atoms with Gasteiger partial charge in [-0.1, -0.05) is 57.9 Å². The third-order valence-electron chi connectivity index (χ3n) is 4.44. The van der Waals surface area contributed by atoms with Gasteiger partial charge in [-0.15, -0.1) is 45.8 Å². The summed E-state index contributed by atoms with van der Waals surface area (Å²) in [5, 5.41) is 2.15. The van der Waals surface area contributed by atoms with Crippen LogP contribution in [0.25, 0.3) is 19.5 Å². The average molecular weight is 421 g/mol. The van der Waals surface area contributed by atoms with E-state index < -0.39 is 0 Å². The minimum Gasteiger partial charge on any atom is -0.143 e. The van der Waals surface area contributed by atoms with Gasteiger partial charge in [-0.25, -0.2) is 0 Å². The van der Waals surface area contributed by atoms with Crippen LogP contribution in [0, 0.1) is 0 Å². The zero-order valence-electron chi connectivity index (χ0n) is 15.5. The molecule has 0 spiro atoms. The quantitative estimate of drug-likeness (QED) is 0.208. The lowest BCUT2D eigenvalue weighted by Crippen LogP contribution is -1.82. The van der Waals surface area contributed by atoms with Crippen LogP contribution in [0.4, 0.5) is 0 Å². The summed E-state index contributed by atoms with van der Waals surface area (Å²) in [7, 11) is 0. The molecule has 0 nitrogen and oxygen atoms in total. The Hall–Kier alpha value is -0.550. The van der Waals surface area contributed by atoms with Gasteiger partial charge >= 0.3 is 0 Å². The van der Waals surface area contributed by atoms with E-state index in [1.54, 1.807) is 0 Å². The van der Waals surface area contributed by atoms with Crippen molar-refractivity contribution in [1.29, 1.82) is 0 Å². The molecule has 0 aromatic carbocycles. The summed E-state index contributed by atoms with van der Waals surface area (Å²) in [6, 6.07) is 13.5. The summed E-state index contributed by atoms with van der Waals surface area (Å²) in [6.07, 6.45) is 11.2. The average Bonchev–Trinajstić information content (AvgIpc) is 3.40. The van der Waals surface area contributed by atoms with Crippen molar-refractivity contribution in [2.24, 2.45) is 0 Å². The van der Waals surface area contributed by atoms with Crippen LogP contribution in [0.5, 0.6) is 0 Å². The van der Waals surface area contributed by atoms with E-state index in [4.69, 9.17) is 0 Å². The van der Waals surface area contributed by atoms with Crippen molar-refractivity contribution in [2.45, 2.75) is 62.5 Å². The molecule has 3 aromatic heterocycles. The predicted molar refractivity (Wildman–Crippen MR) is 124 cm³/mol. The van der Waals surface area contributed by atoms with Crippen molar-refractivity contribution in [3.05, 3.63) is 41.8 Å². The monoisotopic (exact) mass is 420 g/mol. The molecule has 0 aliphatic rings. The SMILES string of the molecule is CCCCCCCCCCSc1ccc(-c2ccc(-c3cccs3)s2)s1. The smallest absolute Gasteiger partial charge is 0.0605 e. The summed E-state index contributed by atoms with van der Waals surface area (Å²) < 4.78 is 1.47. The standard InChI is InChI=1S/C22H28S4/c1-2-3-4-5-6-7-8-9-16-24-22-15-14-21(26-22)20-13-12-19(25-20)18-11-10-17-23-18/h10-15,17H,2-9,16H2,1H3. The van der Waals surface area contributed by atoms with Gasteiger partial charge in [-0.3, -0.25) is 0 Å². The molecule has 0 aliphatic heterocycles. The van der Waals surface area contributed by atoms with Gasteiger partial charge in [0.05, 0.1) is 4.21 Å². The second kappa shape index (κ2) is 11.3. The molecular formula is C22H28S4.